The van der Waals surface area contributed by atoms with E-state index in [1.807, 2.05) is 55.4 Å². The third-order valence-electron chi connectivity index (χ3n) is 4.93. The number of aryl methyl sites for hydroxylation is 1. The van der Waals surface area contributed by atoms with E-state index in [1.54, 1.807) is 12.1 Å². The van der Waals surface area contributed by atoms with Crippen LogP contribution in [-0.4, -0.2) is 38.4 Å². The van der Waals surface area contributed by atoms with Crippen LogP contribution in [-0.2, 0) is 20.7 Å². The van der Waals surface area contributed by atoms with Crippen LogP contribution in [0.4, 0.5) is 11.4 Å². The Labute approximate surface area is 184 Å². The van der Waals surface area contributed by atoms with Gasteiger partial charge in [-0.2, -0.15) is 0 Å². The minimum atomic E-state index is -0.567. The molecule has 0 bridgehead atoms. The molecule has 2 rings (SSSR count). The summed E-state index contributed by atoms with van der Waals surface area (Å²) in [4.78, 5) is 38.1. The molecule has 0 saturated carbocycles. The SMILES string of the molecule is CCCCCc1ccc(C(=O)CCC(=O)OCC(=O)Nc2ccc(N(C)C)cc2)cc1. The zero-order valence-corrected chi connectivity index (χ0v) is 18.6. The Morgan fingerprint density at radius 1 is 0.903 bits per heavy atom. The molecule has 0 saturated heterocycles. The quantitative estimate of drug-likeness (QED) is 0.305. The van der Waals surface area contributed by atoms with Crippen molar-refractivity contribution in [1.29, 1.82) is 0 Å². The van der Waals surface area contributed by atoms with Crippen molar-refractivity contribution < 1.29 is 19.1 Å². The van der Waals surface area contributed by atoms with Gasteiger partial charge in [0.05, 0.1) is 6.42 Å². The van der Waals surface area contributed by atoms with Gasteiger partial charge in [-0.25, -0.2) is 0 Å². The van der Waals surface area contributed by atoms with Gasteiger partial charge < -0.3 is 15.0 Å². The van der Waals surface area contributed by atoms with E-state index in [-0.39, 0.29) is 25.2 Å². The number of esters is 1. The van der Waals surface area contributed by atoms with E-state index in [2.05, 4.69) is 12.2 Å². The molecule has 2 aromatic carbocycles. The average molecular weight is 425 g/mol. The minimum absolute atomic E-state index is 0.0537. The van der Waals surface area contributed by atoms with Gasteiger partial charge in [0.1, 0.15) is 0 Å². The van der Waals surface area contributed by atoms with Crippen molar-refractivity contribution in [1.82, 2.24) is 0 Å². The Morgan fingerprint density at radius 3 is 2.19 bits per heavy atom. The topological polar surface area (TPSA) is 75.7 Å². The number of unbranched alkanes of at least 4 members (excludes halogenated alkanes) is 2. The Morgan fingerprint density at radius 2 is 1.58 bits per heavy atom. The average Bonchev–Trinajstić information content (AvgIpc) is 2.77. The third kappa shape index (κ3) is 8.62. The fourth-order valence-corrected chi connectivity index (χ4v) is 3.05. The number of Topliss-reactive ketones (excluding diaryl/α,β-unsaturated/α-hetero) is 1. The van der Waals surface area contributed by atoms with Crippen LogP contribution in [0.1, 0.15) is 54.9 Å². The molecule has 1 amide bonds. The number of nitrogens with zero attached hydrogens (tertiary/aromatic N) is 1. The molecule has 166 valence electrons. The zero-order valence-electron chi connectivity index (χ0n) is 18.6. The summed E-state index contributed by atoms with van der Waals surface area (Å²) in [6.45, 7) is 1.79. The first-order chi connectivity index (χ1) is 14.9. The number of carbonyl (C=O) groups is 3. The van der Waals surface area contributed by atoms with Crippen molar-refractivity contribution in [3.05, 3.63) is 59.7 Å². The summed E-state index contributed by atoms with van der Waals surface area (Å²) in [5.41, 5.74) is 3.44. The summed E-state index contributed by atoms with van der Waals surface area (Å²) in [6.07, 6.45) is 4.53. The lowest BCUT2D eigenvalue weighted by molar-refractivity contribution is -0.147. The molecule has 1 N–H and O–H groups in total. The summed E-state index contributed by atoms with van der Waals surface area (Å²) in [7, 11) is 3.86. The van der Waals surface area contributed by atoms with Crippen LogP contribution in [0.3, 0.4) is 0 Å². The number of rotatable bonds is 12. The van der Waals surface area contributed by atoms with Crippen molar-refractivity contribution in [2.24, 2.45) is 0 Å². The van der Waals surface area contributed by atoms with Crippen molar-refractivity contribution in [3.63, 3.8) is 0 Å². The highest BCUT2D eigenvalue weighted by Crippen LogP contribution is 2.15. The van der Waals surface area contributed by atoms with Crippen molar-refractivity contribution in [3.8, 4) is 0 Å². The molecule has 0 fully saturated rings. The first-order valence-electron chi connectivity index (χ1n) is 10.7. The van der Waals surface area contributed by atoms with Crippen LogP contribution in [0.2, 0.25) is 0 Å². The lowest BCUT2D eigenvalue weighted by atomic mass is 10.0. The highest BCUT2D eigenvalue weighted by Gasteiger charge is 2.12. The van der Waals surface area contributed by atoms with Gasteiger partial charge in [0.2, 0.25) is 0 Å². The van der Waals surface area contributed by atoms with E-state index in [0.29, 0.717) is 11.3 Å². The summed E-state index contributed by atoms with van der Waals surface area (Å²) < 4.78 is 4.99. The number of ether oxygens (including phenoxy) is 1. The number of benzene rings is 2. The Hall–Kier alpha value is -3.15. The van der Waals surface area contributed by atoms with Crippen molar-refractivity contribution in [2.75, 3.05) is 30.9 Å². The van der Waals surface area contributed by atoms with Gasteiger partial charge in [-0.1, -0.05) is 44.0 Å². The smallest absolute Gasteiger partial charge is 0.306 e. The fraction of sp³-hybridized carbons (Fsp3) is 0.400. The number of hydrogen-bond acceptors (Lipinski definition) is 5. The predicted octanol–water partition coefficient (Wildman–Crippen LogP) is 4.63. The first kappa shape index (κ1) is 24.1. The Kier molecular flexibility index (Phi) is 9.75. The van der Waals surface area contributed by atoms with Crippen LogP contribution < -0.4 is 10.2 Å². The normalized spacial score (nSPS) is 10.4. The van der Waals surface area contributed by atoms with Gasteiger partial charge in [-0.3, -0.25) is 14.4 Å². The van der Waals surface area contributed by atoms with Crippen molar-refractivity contribution >= 4 is 29.0 Å². The number of carbonyl (C=O) groups excluding carboxylic acids is 3. The van der Waals surface area contributed by atoms with Crippen LogP contribution >= 0.6 is 0 Å². The molecular formula is C25H32N2O4. The molecule has 6 nitrogen and oxygen atoms in total. The number of anilines is 2. The van der Waals surface area contributed by atoms with Gasteiger partial charge >= 0.3 is 5.97 Å². The molecule has 0 spiro atoms. The maximum absolute atomic E-state index is 12.3. The standard InChI is InChI=1S/C25H32N2O4/c1-4-5-6-7-19-8-10-20(11-9-19)23(28)16-17-25(30)31-18-24(29)26-21-12-14-22(15-13-21)27(2)3/h8-15H,4-7,16-18H2,1-3H3,(H,26,29). The van der Waals surface area contributed by atoms with E-state index in [9.17, 15) is 14.4 Å². The highest BCUT2D eigenvalue weighted by molar-refractivity contribution is 5.98. The van der Waals surface area contributed by atoms with Crippen LogP contribution in [0, 0.1) is 0 Å². The molecule has 0 atom stereocenters. The lowest BCUT2D eigenvalue weighted by Crippen LogP contribution is -2.21. The molecule has 31 heavy (non-hydrogen) atoms. The van der Waals surface area contributed by atoms with E-state index in [1.165, 1.54) is 18.4 Å². The molecule has 0 aliphatic heterocycles. The van der Waals surface area contributed by atoms with Crippen molar-refractivity contribution in [2.45, 2.75) is 45.4 Å². The maximum atomic E-state index is 12.3. The summed E-state index contributed by atoms with van der Waals surface area (Å²) in [6, 6.07) is 14.9. The molecule has 6 heteroatoms. The summed E-state index contributed by atoms with van der Waals surface area (Å²) in [5, 5.41) is 2.68. The summed E-state index contributed by atoms with van der Waals surface area (Å²) in [5.74, 6) is -1.10. The zero-order chi connectivity index (χ0) is 22.6. The molecule has 0 aliphatic carbocycles. The van der Waals surface area contributed by atoms with Crippen LogP contribution in [0.15, 0.2) is 48.5 Å². The minimum Gasteiger partial charge on any atom is -0.456 e. The molecule has 0 heterocycles. The number of hydrogen-bond donors (Lipinski definition) is 1. The maximum Gasteiger partial charge on any atom is 0.306 e. The molecule has 2 aromatic rings. The Balaban J connectivity index is 1.69. The molecule has 0 unspecified atom stereocenters. The van der Waals surface area contributed by atoms with Gasteiger partial charge in [0.15, 0.2) is 12.4 Å². The largest absolute Gasteiger partial charge is 0.456 e. The molecule has 0 aromatic heterocycles. The van der Waals surface area contributed by atoms with Gasteiger partial charge in [0, 0.05) is 37.5 Å². The van der Waals surface area contributed by atoms with E-state index < -0.39 is 11.9 Å². The predicted molar refractivity (Wildman–Crippen MR) is 124 cm³/mol. The van der Waals surface area contributed by atoms with E-state index in [0.717, 1.165) is 18.5 Å². The second-order valence-corrected chi connectivity index (χ2v) is 7.73. The number of nitrogens with one attached hydrogen (secondary N) is 1. The second-order valence-electron chi connectivity index (χ2n) is 7.73. The second kappa shape index (κ2) is 12.5. The fourth-order valence-electron chi connectivity index (χ4n) is 3.05. The first-order valence-corrected chi connectivity index (χ1v) is 10.7. The summed E-state index contributed by atoms with van der Waals surface area (Å²) >= 11 is 0. The monoisotopic (exact) mass is 424 g/mol. The van der Waals surface area contributed by atoms with Gasteiger partial charge in [-0.05, 0) is 42.7 Å². The van der Waals surface area contributed by atoms with Crippen LogP contribution in [0.5, 0.6) is 0 Å². The molecule has 0 radical (unpaired) electrons. The Bertz CT molecular complexity index is 858. The van der Waals surface area contributed by atoms with Gasteiger partial charge in [-0.15, -0.1) is 0 Å². The van der Waals surface area contributed by atoms with Gasteiger partial charge in [0.25, 0.3) is 5.91 Å². The lowest BCUT2D eigenvalue weighted by Gasteiger charge is -2.13. The number of amides is 1. The van der Waals surface area contributed by atoms with Crippen LogP contribution in [0.25, 0.3) is 0 Å². The van der Waals surface area contributed by atoms with E-state index >= 15 is 0 Å². The number of ketones is 1. The third-order valence-corrected chi connectivity index (χ3v) is 4.93. The van der Waals surface area contributed by atoms with E-state index in [4.69, 9.17) is 4.74 Å². The highest BCUT2D eigenvalue weighted by atomic mass is 16.5. The molecular weight excluding hydrogens is 392 g/mol. The molecule has 0 aliphatic rings.